The van der Waals surface area contributed by atoms with E-state index in [1.165, 1.54) is 5.56 Å². The molecular weight excluding hydrogens is 212 g/mol. The minimum atomic E-state index is -0.582. The van der Waals surface area contributed by atoms with Crippen LogP contribution in [0.15, 0.2) is 24.3 Å². The molecule has 1 aromatic carbocycles. The molecule has 0 fully saturated rings. The van der Waals surface area contributed by atoms with Crippen molar-refractivity contribution in [3.8, 4) is 0 Å². The first kappa shape index (κ1) is 13.8. The molecule has 1 rings (SSSR count). The SMILES string of the molecule is CCOC(=O)C(C)(C)c1cccc(C(C)C)c1. The minimum absolute atomic E-state index is 0.166. The standard InChI is InChI=1S/C15H22O2/c1-6-17-14(16)15(4,5)13-9-7-8-12(10-13)11(2)3/h7-11H,6H2,1-5H3. The van der Waals surface area contributed by atoms with Crippen LogP contribution in [0.1, 0.15) is 51.7 Å². The molecule has 2 heteroatoms. The van der Waals surface area contributed by atoms with Crippen LogP contribution in [0.5, 0.6) is 0 Å². The first-order valence-electron chi connectivity index (χ1n) is 6.17. The van der Waals surface area contributed by atoms with E-state index in [1.807, 2.05) is 32.9 Å². The second kappa shape index (κ2) is 5.35. The normalized spacial score (nSPS) is 11.6. The minimum Gasteiger partial charge on any atom is -0.465 e. The first-order valence-corrected chi connectivity index (χ1v) is 6.17. The summed E-state index contributed by atoms with van der Waals surface area (Å²) in [6.45, 7) is 10.4. The second-order valence-electron chi connectivity index (χ2n) is 5.13. The van der Waals surface area contributed by atoms with Gasteiger partial charge < -0.3 is 4.74 Å². The number of rotatable bonds is 4. The molecule has 0 saturated carbocycles. The molecule has 0 N–H and O–H groups in total. The summed E-state index contributed by atoms with van der Waals surface area (Å²) < 4.78 is 5.12. The lowest BCUT2D eigenvalue weighted by molar-refractivity contribution is -0.148. The number of hydrogen-bond acceptors (Lipinski definition) is 2. The van der Waals surface area contributed by atoms with Gasteiger partial charge in [-0.1, -0.05) is 38.1 Å². The van der Waals surface area contributed by atoms with E-state index in [-0.39, 0.29) is 5.97 Å². The molecule has 0 bridgehead atoms. The summed E-state index contributed by atoms with van der Waals surface area (Å²) in [5, 5.41) is 0. The van der Waals surface area contributed by atoms with E-state index in [4.69, 9.17) is 4.74 Å². The quantitative estimate of drug-likeness (QED) is 0.743. The van der Waals surface area contributed by atoms with Gasteiger partial charge >= 0.3 is 5.97 Å². The van der Waals surface area contributed by atoms with Crippen molar-refractivity contribution >= 4 is 5.97 Å². The lowest BCUT2D eigenvalue weighted by atomic mass is 9.83. The Morgan fingerprint density at radius 1 is 1.35 bits per heavy atom. The predicted molar refractivity (Wildman–Crippen MR) is 70.2 cm³/mol. The Morgan fingerprint density at radius 3 is 2.53 bits per heavy atom. The van der Waals surface area contributed by atoms with Gasteiger partial charge in [-0.25, -0.2) is 0 Å². The number of esters is 1. The molecule has 1 aromatic rings. The van der Waals surface area contributed by atoms with Crippen LogP contribution >= 0.6 is 0 Å². The van der Waals surface area contributed by atoms with E-state index in [9.17, 15) is 4.79 Å². The fraction of sp³-hybridized carbons (Fsp3) is 0.533. The van der Waals surface area contributed by atoms with Crippen molar-refractivity contribution < 1.29 is 9.53 Å². The van der Waals surface area contributed by atoms with Gasteiger partial charge in [-0.3, -0.25) is 4.79 Å². The molecule has 0 atom stereocenters. The maximum atomic E-state index is 11.9. The summed E-state index contributed by atoms with van der Waals surface area (Å²) in [6, 6.07) is 8.19. The Morgan fingerprint density at radius 2 is 2.00 bits per heavy atom. The molecule has 0 aliphatic heterocycles. The fourth-order valence-electron chi connectivity index (χ4n) is 1.72. The van der Waals surface area contributed by atoms with E-state index in [0.717, 1.165) is 5.56 Å². The molecule has 0 unspecified atom stereocenters. The van der Waals surface area contributed by atoms with E-state index < -0.39 is 5.41 Å². The monoisotopic (exact) mass is 234 g/mol. The fourth-order valence-corrected chi connectivity index (χ4v) is 1.72. The van der Waals surface area contributed by atoms with Crippen LogP contribution in [0.4, 0.5) is 0 Å². The zero-order chi connectivity index (χ0) is 13.1. The summed E-state index contributed by atoms with van der Waals surface area (Å²) in [5.74, 6) is 0.300. The highest BCUT2D eigenvalue weighted by atomic mass is 16.5. The molecule has 0 aliphatic rings. The Bertz CT molecular complexity index is 392. The van der Waals surface area contributed by atoms with E-state index in [0.29, 0.717) is 12.5 Å². The molecule has 94 valence electrons. The van der Waals surface area contributed by atoms with Crippen LogP contribution in [0.25, 0.3) is 0 Å². The van der Waals surface area contributed by atoms with Crippen LogP contribution in [0, 0.1) is 0 Å². The zero-order valence-corrected chi connectivity index (χ0v) is 11.4. The molecule has 0 spiro atoms. The van der Waals surface area contributed by atoms with Gasteiger partial charge in [-0.05, 0) is 37.8 Å². The maximum Gasteiger partial charge on any atom is 0.315 e. The Hall–Kier alpha value is -1.31. The summed E-state index contributed by atoms with van der Waals surface area (Å²) in [4.78, 5) is 11.9. The van der Waals surface area contributed by atoms with Crippen molar-refractivity contribution in [1.82, 2.24) is 0 Å². The molecule has 0 amide bonds. The number of hydrogen-bond donors (Lipinski definition) is 0. The Labute approximate surface area is 104 Å². The number of carbonyl (C=O) groups is 1. The van der Waals surface area contributed by atoms with Gasteiger partial charge in [0.2, 0.25) is 0 Å². The molecule has 0 saturated heterocycles. The Kier molecular flexibility index (Phi) is 4.33. The zero-order valence-electron chi connectivity index (χ0n) is 11.4. The van der Waals surface area contributed by atoms with Crippen molar-refractivity contribution in [2.24, 2.45) is 0 Å². The summed E-state index contributed by atoms with van der Waals surface area (Å²) in [6.07, 6.45) is 0. The number of ether oxygens (including phenoxy) is 1. The lowest BCUT2D eigenvalue weighted by Gasteiger charge is -2.23. The lowest BCUT2D eigenvalue weighted by Crippen LogP contribution is -2.31. The van der Waals surface area contributed by atoms with Crippen molar-refractivity contribution in [2.45, 2.75) is 46.0 Å². The third-order valence-corrected chi connectivity index (χ3v) is 3.06. The van der Waals surface area contributed by atoms with Crippen molar-refractivity contribution in [2.75, 3.05) is 6.61 Å². The van der Waals surface area contributed by atoms with Crippen LogP contribution in [-0.2, 0) is 14.9 Å². The third-order valence-electron chi connectivity index (χ3n) is 3.06. The third kappa shape index (κ3) is 3.09. The molecule has 0 aliphatic carbocycles. The first-order chi connectivity index (χ1) is 7.89. The van der Waals surface area contributed by atoms with Gasteiger partial charge in [0.05, 0.1) is 12.0 Å². The number of benzene rings is 1. The topological polar surface area (TPSA) is 26.3 Å². The Balaban J connectivity index is 3.06. The highest BCUT2D eigenvalue weighted by Crippen LogP contribution is 2.27. The largest absolute Gasteiger partial charge is 0.465 e. The van der Waals surface area contributed by atoms with Gasteiger partial charge in [0.25, 0.3) is 0 Å². The highest BCUT2D eigenvalue weighted by Gasteiger charge is 2.31. The molecule has 0 heterocycles. The number of carbonyl (C=O) groups excluding carboxylic acids is 1. The van der Waals surface area contributed by atoms with Crippen molar-refractivity contribution in [1.29, 1.82) is 0 Å². The average molecular weight is 234 g/mol. The summed E-state index contributed by atoms with van der Waals surface area (Å²) >= 11 is 0. The average Bonchev–Trinajstić information content (AvgIpc) is 2.29. The molecule has 0 radical (unpaired) electrons. The van der Waals surface area contributed by atoms with Gasteiger partial charge in [0.1, 0.15) is 0 Å². The highest BCUT2D eigenvalue weighted by molar-refractivity contribution is 5.82. The smallest absolute Gasteiger partial charge is 0.315 e. The van der Waals surface area contributed by atoms with Crippen molar-refractivity contribution in [3.05, 3.63) is 35.4 Å². The summed E-state index contributed by atoms with van der Waals surface area (Å²) in [5.41, 5.74) is 1.68. The van der Waals surface area contributed by atoms with Crippen LogP contribution in [-0.4, -0.2) is 12.6 Å². The van der Waals surface area contributed by atoms with Gasteiger partial charge in [0.15, 0.2) is 0 Å². The van der Waals surface area contributed by atoms with E-state index >= 15 is 0 Å². The molecular formula is C15H22O2. The molecule has 17 heavy (non-hydrogen) atoms. The second-order valence-corrected chi connectivity index (χ2v) is 5.13. The van der Waals surface area contributed by atoms with Crippen LogP contribution < -0.4 is 0 Å². The van der Waals surface area contributed by atoms with Crippen LogP contribution in [0.2, 0.25) is 0 Å². The summed E-state index contributed by atoms with van der Waals surface area (Å²) in [7, 11) is 0. The molecule has 0 aromatic heterocycles. The predicted octanol–water partition coefficient (Wildman–Crippen LogP) is 3.65. The van der Waals surface area contributed by atoms with Gasteiger partial charge in [-0.15, -0.1) is 0 Å². The van der Waals surface area contributed by atoms with Gasteiger partial charge in [-0.2, -0.15) is 0 Å². The van der Waals surface area contributed by atoms with Crippen LogP contribution in [0.3, 0.4) is 0 Å². The van der Waals surface area contributed by atoms with Gasteiger partial charge in [0, 0.05) is 0 Å². The maximum absolute atomic E-state index is 11.9. The van der Waals surface area contributed by atoms with E-state index in [1.54, 1.807) is 0 Å². The molecule has 2 nitrogen and oxygen atoms in total. The van der Waals surface area contributed by atoms with Crippen molar-refractivity contribution in [3.63, 3.8) is 0 Å². The van der Waals surface area contributed by atoms with E-state index in [2.05, 4.69) is 26.0 Å².